The molecule has 2 aliphatic rings. The molecule has 3 amide bonds. The Morgan fingerprint density at radius 1 is 0.926 bits per heavy atom. The van der Waals surface area contributed by atoms with E-state index in [1.807, 2.05) is 84.2 Å². The summed E-state index contributed by atoms with van der Waals surface area (Å²) in [7, 11) is 3.81. The smallest absolute Gasteiger partial charge is 0.246 e. The lowest BCUT2D eigenvalue weighted by atomic mass is 9.97. The van der Waals surface area contributed by atoms with Crippen LogP contribution < -0.4 is 0 Å². The number of Topliss-reactive ketones (excluding diaryl/α,β-unsaturated/α-hetero) is 1. The number of hydrazine groups is 1. The second kappa shape index (κ2) is 15.5. The van der Waals surface area contributed by atoms with Crippen molar-refractivity contribution in [2.75, 3.05) is 19.6 Å². The molecule has 0 radical (unpaired) electrons. The highest BCUT2D eigenvalue weighted by atomic mass is 16.3. The number of fused-ring (bicyclic) bond motifs is 2. The summed E-state index contributed by atoms with van der Waals surface area (Å²) in [4.78, 5) is 64.2. The fourth-order valence-electron chi connectivity index (χ4n) is 7.88. The quantitative estimate of drug-likeness (QED) is 0.141. The molecule has 2 saturated heterocycles. The summed E-state index contributed by atoms with van der Waals surface area (Å²) >= 11 is 0. The highest BCUT2D eigenvalue weighted by Gasteiger charge is 2.51. The monoisotopic (exact) mass is 727 g/mol. The third-order valence-electron chi connectivity index (χ3n) is 10.5. The molecule has 2 aromatic heterocycles. The molecule has 278 valence electrons. The van der Waals surface area contributed by atoms with Crippen LogP contribution in [0.5, 0.6) is 5.75 Å². The maximum atomic E-state index is 14.6. The van der Waals surface area contributed by atoms with Gasteiger partial charge in [0.15, 0.2) is 5.78 Å². The highest BCUT2D eigenvalue weighted by molar-refractivity contribution is 6.08. The summed E-state index contributed by atoms with van der Waals surface area (Å²) in [6.45, 7) is 4.40. The number of para-hydroxylation sites is 1. The number of aromatic nitrogens is 3. The molecule has 54 heavy (non-hydrogen) atoms. The van der Waals surface area contributed by atoms with Crippen LogP contribution in [0.25, 0.3) is 10.9 Å². The van der Waals surface area contributed by atoms with Gasteiger partial charge >= 0.3 is 0 Å². The molecule has 5 aromatic rings. The number of amides is 3. The molecule has 2 fully saturated rings. The van der Waals surface area contributed by atoms with Crippen LogP contribution in [-0.2, 0) is 54.3 Å². The van der Waals surface area contributed by atoms with Crippen molar-refractivity contribution in [3.8, 4) is 5.75 Å². The maximum Gasteiger partial charge on any atom is 0.246 e. The van der Waals surface area contributed by atoms with E-state index < -0.39 is 12.2 Å². The van der Waals surface area contributed by atoms with Gasteiger partial charge in [0.25, 0.3) is 0 Å². The molecule has 7 rings (SSSR count). The SMILES string of the molecule is C=CCN1CC(=O)N2[C@@H](Cc3ccc(O)cc3)C(=O)N(Cc3cccc4c(C(=O)CCc5nccn5C)cn(C)c34)C[C@@H]2N1C(=O)CCc1ccccc1. The van der Waals surface area contributed by atoms with Gasteiger partial charge in [0.1, 0.15) is 23.8 Å². The Balaban J connectivity index is 1.22. The van der Waals surface area contributed by atoms with Crippen LogP contribution in [0.2, 0.25) is 0 Å². The minimum absolute atomic E-state index is 0.00656. The molecule has 4 heterocycles. The van der Waals surface area contributed by atoms with E-state index in [1.54, 1.807) is 56.4 Å². The van der Waals surface area contributed by atoms with Crippen LogP contribution in [0, 0.1) is 0 Å². The van der Waals surface area contributed by atoms with E-state index in [2.05, 4.69) is 11.6 Å². The number of benzene rings is 3. The third-order valence-corrected chi connectivity index (χ3v) is 10.5. The van der Waals surface area contributed by atoms with Crippen molar-refractivity contribution < 1.29 is 24.3 Å². The molecular weight excluding hydrogens is 683 g/mol. The number of phenolic OH excluding ortho intramolecular Hbond substituents is 1. The lowest BCUT2D eigenvalue weighted by molar-refractivity contribution is -0.205. The first kappa shape index (κ1) is 36.4. The van der Waals surface area contributed by atoms with E-state index >= 15 is 0 Å². The fraction of sp³-hybridized carbons (Fsp3) is 0.310. The Labute approximate surface area is 314 Å². The van der Waals surface area contributed by atoms with Gasteiger partial charge in [0.2, 0.25) is 17.7 Å². The lowest BCUT2D eigenvalue weighted by Crippen LogP contribution is -2.75. The van der Waals surface area contributed by atoms with Gasteiger partial charge in [-0.15, -0.1) is 6.58 Å². The standard InChI is InChI=1S/C42H45N7O5/c1-4-22-47-28-40(53)48-35(24-30-13-16-32(50)17-14-30)42(54)46(27-38(48)49(47)39(52)20-15-29-9-6-5-7-10-29)25-31-11-8-12-33-34(26-45(3)41(31)33)36(51)18-19-37-43-21-23-44(37)2/h4-14,16-17,21,23,26,35,38,50H,1,15,18-20,22,24-25,27-28H2,2-3H3/t35-,38-/m0/s1. The van der Waals surface area contributed by atoms with Gasteiger partial charge in [-0.25, -0.2) is 15.0 Å². The summed E-state index contributed by atoms with van der Waals surface area (Å²) in [5, 5.41) is 14.2. The number of hydrogen-bond acceptors (Lipinski definition) is 7. The number of carbonyl (C=O) groups is 4. The van der Waals surface area contributed by atoms with Crippen LogP contribution in [0.1, 0.15) is 45.7 Å². The first-order chi connectivity index (χ1) is 26.1. The number of piperazine rings is 1. The maximum absolute atomic E-state index is 14.6. The number of aryl methyl sites for hydroxylation is 4. The Hall–Kier alpha value is -6.01. The van der Waals surface area contributed by atoms with Gasteiger partial charge in [-0.05, 0) is 35.2 Å². The van der Waals surface area contributed by atoms with Crippen molar-refractivity contribution >= 4 is 34.4 Å². The molecule has 2 aliphatic heterocycles. The largest absolute Gasteiger partial charge is 0.508 e. The molecule has 0 bridgehead atoms. The van der Waals surface area contributed by atoms with E-state index in [1.165, 1.54) is 0 Å². The average molecular weight is 728 g/mol. The first-order valence-electron chi connectivity index (χ1n) is 18.3. The second-order valence-electron chi connectivity index (χ2n) is 14.1. The van der Waals surface area contributed by atoms with Crippen molar-refractivity contribution in [1.82, 2.24) is 33.9 Å². The lowest BCUT2D eigenvalue weighted by Gasteiger charge is -2.55. The van der Waals surface area contributed by atoms with Gasteiger partial charge in [-0.3, -0.25) is 19.2 Å². The molecule has 12 nitrogen and oxygen atoms in total. The molecule has 2 atom stereocenters. The summed E-state index contributed by atoms with van der Waals surface area (Å²) in [6, 6.07) is 21.3. The minimum atomic E-state index is -0.896. The zero-order chi connectivity index (χ0) is 37.9. The third kappa shape index (κ3) is 7.29. The highest BCUT2D eigenvalue weighted by Crippen LogP contribution is 2.32. The Morgan fingerprint density at radius 3 is 2.43 bits per heavy atom. The number of ketones is 1. The van der Waals surface area contributed by atoms with E-state index in [-0.39, 0.29) is 68.3 Å². The number of rotatable bonds is 13. The van der Waals surface area contributed by atoms with Gasteiger partial charge in [0.05, 0.1) is 18.6 Å². The topological polar surface area (TPSA) is 124 Å². The molecule has 3 aromatic carbocycles. The Bertz CT molecular complexity index is 2190. The Morgan fingerprint density at radius 2 is 1.70 bits per heavy atom. The van der Waals surface area contributed by atoms with Gasteiger partial charge < -0.3 is 24.0 Å². The van der Waals surface area contributed by atoms with Gasteiger partial charge in [-0.2, -0.15) is 0 Å². The van der Waals surface area contributed by atoms with Crippen LogP contribution in [0.15, 0.2) is 104 Å². The summed E-state index contributed by atoms with van der Waals surface area (Å²) in [5.41, 5.74) is 4.09. The van der Waals surface area contributed by atoms with E-state index in [0.29, 0.717) is 24.8 Å². The zero-order valence-electron chi connectivity index (χ0n) is 30.7. The molecular formula is C42H45N7O5. The summed E-state index contributed by atoms with van der Waals surface area (Å²) in [5.74, 6) is 0.307. The predicted octanol–water partition coefficient (Wildman–Crippen LogP) is 4.42. The number of imidazole rings is 1. The van der Waals surface area contributed by atoms with Crippen molar-refractivity contribution in [3.63, 3.8) is 0 Å². The average Bonchev–Trinajstić information content (AvgIpc) is 3.74. The Kier molecular flexibility index (Phi) is 10.5. The van der Waals surface area contributed by atoms with E-state index in [0.717, 1.165) is 33.4 Å². The molecule has 0 unspecified atom stereocenters. The van der Waals surface area contributed by atoms with Crippen LogP contribution in [-0.4, -0.2) is 94.4 Å². The van der Waals surface area contributed by atoms with Crippen molar-refractivity contribution in [3.05, 3.63) is 132 Å². The number of phenols is 1. The van der Waals surface area contributed by atoms with Gasteiger partial charge in [0, 0.05) is 82.4 Å². The molecule has 1 N–H and O–H groups in total. The van der Waals surface area contributed by atoms with Crippen LogP contribution in [0.4, 0.5) is 0 Å². The van der Waals surface area contributed by atoms with Crippen LogP contribution in [0.3, 0.4) is 0 Å². The van der Waals surface area contributed by atoms with E-state index in [9.17, 15) is 24.3 Å². The number of hydrogen-bond donors (Lipinski definition) is 1. The van der Waals surface area contributed by atoms with Gasteiger partial charge in [-0.1, -0.05) is 66.7 Å². The predicted molar refractivity (Wildman–Crippen MR) is 204 cm³/mol. The normalized spacial score (nSPS) is 17.6. The molecule has 12 heteroatoms. The number of nitrogens with zero attached hydrogens (tertiary/aromatic N) is 7. The van der Waals surface area contributed by atoms with Crippen molar-refractivity contribution in [2.24, 2.45) is 14.1 Å². The van der Waals surface area contributed by atoms with E-state index in [4.69, 9.17) is 0 Å². The molecule has 0 spiro atoms. The van der Waals surface area contributed by atoms with Crippen molar-refractivity contribution in [1.29, 1.82) is 0 Å². The summed E-state index contributed by atoms with van der Waals surface area (Å²) < 4.78 is 3.84. The minimum Gasteiger partial charge on any atom is -0.508 e. The number of carbonyl (C=O) groups excluding carboxylic acids is 4. The molecule has 0 saturated carbocycles. The van der Waals surface area contributed by atoms with Crippen molar-refractivity contribution in [2.45, 2.75) is 50.9 Å². The second-order valence-corrected chi connectivity index (χ2v) is 14.1. The zero-order valence-corrected chi connectivity index (χ0v) is 30.7. The molecule has 0 aliphatic carbocycles. The first-order valence-corrected chi connectivity index (χ1v) is 18.3. The summed E-state index contributed by atoms with van der Waals surface area (Å²) in [6.07, 6.45) is 8.11. The van der Waals surface area contributed by atoms with Crippen LogP contribution >= 0.6 is 0 Å². The fourth-order valence-corrected chi connectivity index (χ4v) is 7.88. The number of aromatic hydroxyl groups is 1.